The van der Waals surface area contributed by atoms with Crippen molar-refractivity contribution in [3.63, 3.8) is 0 Å². The van der Waals surface area contributed by atoms with Gasteiger partial charge in [-0.1, -0.05) is 12.1 Å². The number of esters is 1. The summed E-state index contributed by atoms with van der Waals surface area (Å²) in [6.07, 6.45) is 0.221. The van der Waals surface area contributed by atoms with E-state index in [4.69, 9.17) is 15.9 Å². The van der Waals surface area contributed by atoms with Crippen LogP contribution in [0.1, 0.15) is 5.56 Å². The third kappa shape index (κ3) is 4.52. The predicted octanol–water partition coefficient (Wildman–Crippen LogP) is -0.110. The summed E-state index contributed by atoms with van der Waals surface area (Å²) in [5.41, 5.74) is 6.30. The van der Waals surface area contributed by atoms with Crippen molar-refractivity contribution in [1.29, 1.82) is 0 Å². The summed E-state index contributed by atoms with van der Waals surface area (Å²) < 4.78 is 4.45. The van der Waals surface area contributed by atoms with Gasteiger partial charge >= 0.3 is 11.9 Å². The molecule has 1 aromatic rings. The van der Waals surface area contributed by atoms with Gasteiger partial charge in [0.25, 0.3) is 0 Å². The van der Waals surface area contributed by atoms with Crippen LogP contribution in [-0.2, 0) is 20.7 Å². The van der Waals surface area contributed by atoms with E-state index in [2.05, 4.69) is 4.74 Å². The smallest absolute Gasteiger partial charge is 0.341 e. The van der Waals surface area contributed by atoms with Crippen LogP contribution in [0.15, 0.2) is 24.3 Å². The first-order chi connectivity index (χ1) is 7.99. The molecule has 0 saturated carbocycles. The monoisotopic (exact) mass is 239 g/mol. The summed E-state index contributed by atoms with van der Waals surface area (Å²) in [5.74, 6) is -1.87. The van der Waals surface area contributed by atoms with Gasteiger partial charge in [-0.05, 0) is 24.1 Å². The van der Waals surface area contributed by atoms with Crippen LogP contribution in [0.3, 0.4) is 0 Å². The number of carboxylic acid groups (broad SMARTS) is 1. The highest BCUT2D eigenvalue weighted by atomic mass is 16.5. The van der Waals surface area contributed by atoms with E-state index in [0.29, 0.717) is 0 Å². The molecule has 0 amide bonds. The van der Waals surface area contributed by atoms with Crippen molar-refractivity contribution in [3.05, 3.63) is 29.8 Å². The fourth-order valence-corrected chi connectivity index (χ4v) is 1.21. The topological polar surface area (TPSA) is 110 Å². The van der Waals surface area contributed by atoms with Crippen LogP contribution in [0, 0.1) is 0 Å². The molecule has 17 heavy (non-hydrogen) atoms. The Hall–Kier alpha value is -2.08. The van der Waals surface area contributed by atoms with Crippen molar-refractivity contribution in [1.82, 2.24) is 0 Å². The summed E-state index contributed by atoms with van der Waals surface area (Å²) in [7, 11) is 0. The highest BCUT2D eigenvalue weighted by Gasteiger charge is 2.16. The lowest BCUT2D eigenvalue weighted by molar-refractivity contribution is -0.155. The molecule has 0 aliphatic carbocycles. The van der Waals surface area contributed by atoms with E-state index < -0.39 is 24.6 Å². The van der Waals surface area contributed by atoms with Crippen LogP contribution < -0.4 is 5.73 Å². The Labute approximate surface area is 97.6 Å². The third-order valence-electron chi connectivity index (χ3n) is 2.03. The minimum atomic E-state index is -1.23. The fraction of sp³-hybridized carbons (Fsp3) is 0.273. The van der Waals surface area contributed by atoms with Crippen molar-refractivity contribution < 1.29 is 24.5 Å². The van der Waals surface area contributed by atoms with E-state index in [9.17, 15) is 9.59 Å². The maximum Gasteiger partial charge on any atom is 0.341 e. The van der Waals surface area contributed by atoms with Gasteiger partial charge in [0.1, 0.15) is 11.8 Å². The number of carbonyl (C=O) groups is 2. The van der Waals surface area contributed by atoms with Crippen molar-refractivity contribution in [2.24, 2.45) is 5.73 Å². The number of phenolic OH excluding ortho intramolecular Hbond substituents is 1. The lowest BCUT2D eigenvalue weighted by atomic mass is 10.1. The molecule has 0 aromatic heterocycles. The van der Waals surface area contributed by atoms with Crippen LogP contribution in [0.2, 0.25) is 0 Å². The summed E-state index contributed by atoms with van der Waals surface area (Å²) in [6, 6.07) is 5.29. The number of ether oxygens (including phenoxy) is 1. The molecule has 0 radical (unpaired) electrons. The molecule has 0 bridgehead atoms. The molecule has 0 heterocycles. The van der Waals surface area contributed by atoms with Crippen LogP contribution in [-0.4, -0.2) is 34.8 Å². The molecule has 1 aromatic carbocycles. The summed E-state index contributed by atoms with van der Waals surface area (Å²) >= 11 is 0. The fourth-order valence-electron chi connectivity index (χ4n) is 1.21. The molecule has 1 rings (SSSR count). The van der Waals surface area contributed by atoms with E-state index in [1.165, 1.54) is 12.1 Å². The van der Waals surface area contributed by atoms with Crippen LogP contribution >= 0.6 is 0 Å². The summed E-state index contributed by atoms with van der Waals surface area (Å²) in [6.45, 7) is -0.692. The highest BCUT2D eigenvalue weighted by Crippen LogP contribution is 2.11. The van der Waals surface area contributed by atoms with E-state index in [-0.39, 0.29) is 12.2 Å². The molecule has 0 aliphatic heterocycles. The zero-order valence-corrected chi connectivity index (χ0v) is 9.00. The standard InChI is InChI=1S/C11H13NO5/c12-9(11(16)17-6-10(14)15)5-7-1-3-8(13)4-2-7/h1-4,9,13H,5-6,12H2,(H,14,15)/t9-/m0/s1. The van der Waals surface area contributed by atoms with Crippen molar-refractivity contribution in [2.45, 2.75) is 12.5 Å². The quantitative estimate of drug-likeness (QED) is 0.618. The molecule has 4 N–H and O–H groups in total. The molecule has 0 saturated heterocycles. The van der Waals surface area contributed by atoms with E-state index in [0.717, 1.165) is 5.56 Å². The van der Waals surface area contributed by atoms with Gasteiger partial charge in [0.2, 0.25) is 0 Å². The number of aliphatic carboxylic acids is 1. The molecule has 92 valence electrons. The first-order valence-corrected chi connectivity index (χ1v) is 4.91. The largest absolute Gasteiger partial charge is 0.508 e. The van der Waals surface area contributed by atoms with Crippen molar-refractivity contribution >= 4 is 11.9 Å². The minimum absolute atomic E-state index is 0.121. The number of hydrogen-bond donors (Lipinski definition) is 3. The molecule has 0 spiro atoms. The van der Waals surface area contributed by atoms with Gasteiger partial charge in [-0.15, -0.1) is 0 Å². The van der Waals surface area contributed by atoms with Gasteiger partial charge in [0.15, 0.2) is 6.61 Å². The van der Waals surface area contributed by atoms with Crippen molar-refractivity contribution in [3.8, 4) is 5.75 Å². The number of benzene rings is 1. The van der Waals surface area contributed by atoms with Gasteiger partial charge in [-0.3, -0.25) is 4.79 Å². The van der Waals surface area contributed by atoms with Gasteiger partial charge in [0, 0.05) is 0 Å². The molecule has 0 aliphatic rings. The second kappa shape index (κ2) is 5.86. The lowest BCUT2D eigenvalue weighted by Crippen LogP contribution is -2.35. The lowest BCUT2D eigenvalue weighted by Gasteiger charge is -2.10. The van der Waals surface area contributed by atoms with E-state index >= 15 is 0 Å². The zero-order valence-electron chi connectivity index (χ0n) is 9.00. The molecule has 0 fully saturated rings. The molecule has 0 unspecified atom stereocenters. The Balaban J connectivity index is 2.48. The average molecular weight is 239 g/mol. The summed E-state index contributed by atoms with van der Waals surface area (Å²) in [5, 5.41) is 17.4. The number of nitrogens with two attached hydrogens (primary N) is 1. The van der Waals surface area contributed by atoms with Crippen LogP contribution in [0.5, 0.6) is 5.75 Å². The van der Waals surface area contributed by atoms with Gasteiger partial charge in [0.05, 0.1) is 0 Å². The number of aromatic hydroxyl groups is 1. The Morgan fingerprint density at radius 1 is 1.29 bits per heavy atom. The maximum absolute atomic E-state index is 11.3. The Bertz CT molecular complexity index is 401. The van der Waals surface area contributed by atoms with Crippen LogP contribution in [0.25, 0.3) is 0 Å². The second-order valence-electron chi connectivity index (χ2n) is 3.48. The average Bonchev–Trinajstić information content (AvgIpc) is 2.28. The number of carbonyl (C=O) groups excluding carboxylic acids is 1. The first-order valence-electron chi connectivity index (χ1n) is 4.91. The SMILES string of the molecule is N[C@@H](Cc1ccc(O)cc1)C(=O)OCC(=O)O. The number of phenols is 1. The van der Waals surface area contributed by atoms with Gasteiger partial charge in [-0.25, -0.2) is 4.79 Å². The number of rotatable bonds is 5. The molecule has 6 heteroatoms. The second-order valence-corrected chi connectivity index (χ2v) is 3.48. The maximum atomic E-state index is 11.3. The van der Waals surface area contributed by atoms with Crippen molar-refractivity contribution in [2.75, 3.05) is 6.61 Å². The first kappa shape index (κ1) is 13.0. The summed E-state index contributed by atoms with van der Waals surface area (Å²) in [4.78, 5) is 21.4. The van der Waals surface area contributed by atoms with E-state index in [1.54, 1.807) is 12.1 Å². The Kier molecular flexibility index (Phi) is 4.47. The molecular formula is C11H13NO5. The Morgan fingerprint density at radius 2 is 1.88 bits per heavy atom. The van der Waals surface area contributed by atoms with Gasteiger partial charge < -0.3 is 20.7 Å². The highest BCUT2D eigenvalue weighted by molar-refractivity contribution is 5.79. The van der Waals surface area contributed by atoms with E-state index in [1.807, 2.05) is 0 Å². The third-order valence-corrected chi connectivity index (χ3v) is 2.03. The predicted molar refractivity (Wildman–Crippen MR) is 58.4 cm³/mol. The van der Waals surface area contributed by atoms with Crippen LogP contribution in [0.4, 0.5) is 0 Å². The van der Waals surface area contributed by atoms with Gasteiger partial charge in [-0.2, -0.15) is 0 Å². The normalized spacial score (nSPS) is 11.8. The molecule has 6 nitrogen and oxygen atoms in total. The number of hydrogen-bond acceptors (Lipinski definition) is 5. The Morgan fingerprint density at radius 3 is 2.41 bits per heavy atom. The number of carboxylic acids is 1. The minimum Gasteiger partial charge on any atom is -0.508 e. The molecular weight excluding hydrogens is 226 g/mol. The molecule has 1 atom stereocenters. The zero-order chi connectivity index (χ0) is 12.8.